The minimum absolute atomic E-state index is 0.691. The van der Waals surface area contributed by atoms with Crippen LogP contribution in [0, 0.1) is 23.7 Å². The molecule has 0 aliphatic heterocycles. The van der Waals surface area contributed by atoms with E-state index >= 15 is 0 Å². The van der Waals surface area contributed by atoms with Gasteiger partial charge >= 0.3 is 0 Å². The normalized spacial score (nSPS) is 10.9. The van der Waals surface area contributed by atoms with E-state index in [1.165, 1.54) is 43.8 Å². The van der Waals surface area contributed by atoms with E-state index < -0.39 is 0 Å². The lowest BCUT2D eigenvalue weighted by molar-refractivity contribution is 0.336. The van der Waals surface area contributed by atoms with Crippen LogP contribution in [0.4, 0.5) is 0 Å². The first kappa shape index (κ1) is 28.4. The highest BCUT2D eigenvalue weighted by Gasteiger charge is 2.05. The molecule has 0 aliphatic carbocycles. The number of fused-ring (bicyclic) bond motifs is 2. The van der Waals surface area contributed by atoms with Crippen molar-refractivity contribution in [1.29, 1.82) is 0 Å². The van der Waals surface area contributed by atoms with Crippen molar-refractivity contribution in [1.82, 2.24) is 0 Å². The summed E-state index contributed by atoms with van der Waals surface area (Å²) in [5.74, 6) is 13.4. The van der Waals surface area contributed by atoms with E-state index in [-0.39, 0.29) is 0 Å². The van der Waals surface area contributed by atoms with Crippen molar-refractivity contribution in [3.05, 3.63) is 155 Å². The Bertz CT molecular complexity index is 1710. The van der Waals surface area contributed by atoms with Gasteiger partial charge in [-0.3, -0.25) is 0 Å². The molecule has 0 aliphatic rings. The number of methoxy groups -OCH3 is 2. The van der Waals surface area contributed by atoms with E-state index in [2.05, 4.69) is 121 Å². The van der Waals surface area contributed by atoms with Crippen LogP contribution in [-0.4, -0.2) is 14.2 Å². The van der Waals surface area contributed by atoms with E-state index in [1.54, 1.807) is 26.7 Å². The van der Waals surface area contributed by atoms with Crippen LogP contribution < -0.4 is 0 Å². The van der Waals surface area contributed by atoms with Gasteiger partial charge in [0.2, 0.25) is 0 Å². The molecule has 2 heteroatoms. The molecule has 0 N–H and O–H groups in total. The highest BCUT2D eigenvalue weighted by Crippen LogP contribution is 2.23. The topological polar surface area (TPSA) is 18.5 Å². The fourth-order valence-electron chi connectivity index (χ4n) is 5.04. The summed E-state index contributed by atoms with van der Waals surface area (Å²) in [6.07, 6.45) is 10.6. The molecule has 0 bridgehead atoms. The average molecular weight is 547 g/mol. The molecule has 5 rings (SSSR count). The summed E-state index contributed by atoms with van der Waals surface area (Å²) in [6.45, 7) is 0. The van der Waals surface area contributed by atoms with Gasteiger partial charge in [0.15, 0.2) is 0 Å². The van der Waals surface area contributed by atoms with Gasteiger partial charge < -0.3 is 9.47 Å². The van der Waals surface area contributed by atoms with Crippen molar-refractivity contribution < 1.29 is 9.47 Å². The van der Waals surface area contributed by atoms with Crippen LogP contribution in [0.2, 0.25) is 0 Å². The molecule has 0 spiro atoms. The van der Waals surface area contributed by atoms with Gasteiger partial charge in [-0.05, 0) is 105 Å². The zero-order valence-corrected chi connectivity index (χ0v) is 24.2. The number of rotatable bonds is 8. The fourth-order valence-corrected chi connectivity index (χ4v) is 5.04. The Hall–Kier alpha value is -5.18. The summed E-state index contributed by atoms with van der Waals surface area (Å²) in [5, 5.41) is 4.95. The van der Waals surface area contributed by atoms with Gasteiger partial charge in [0.05, 0.1) is 26.7 Å². The summed E-state index contributed by atoms with van der Waals surface area (Å²) in [4.78, 5) is 0. The van der Waals surface area contributed by atoms with E-state index in [0.29, 0.717) is 12.8 Å². The standard InChI is InChI=1S/C40H34O2/c1-41-25-9-19-39-29-35-15-5-3-13-33(35)27-37(39)17-7-11-31-21-23-32(24-22-31)12-8-18-38-28-34-14-4-6-16-36(34)30-40(38)20-10-26-42-2/h3-6,9-10,13-16,21-30H,17-20H2,1-2H3. The molecule has 0 amide bonds. The van der Waals surface area contributed by atoms with Crippen molar-refractivity contribution in [2.45, 2.75) is 25.7 Å². The predicted octanol–water partition coefficient (Wildman–Crippen LogP) is 8.59. The minimum Gasteiger partial charge on any atom is -0.505 e. The van der Waals surface area contributed by atoms with Gasteiger partial charge in [-0.15, -0.1) is 0 Å². The fraction of sp³-hybridized carbons (Fsp3) is 0.150. The molecule has 0 radical (unpaired) electrons. The van der Waals surface area contributed by atoms with Crippen LogP contribution in [0.3, 0.4) is 0 Å². The van der Waals surface area contributed by atoms with Crippen LogP contribution in [-0.2, 0) is 35.2 Å². The first-order valence-electron chi connectivity index (χ1n) is 14.2. The lowest BCUT2D eigenvalue weighted by Gasteiger charge is -2.08. The summed E-state index contributed by atoms with van der Waals surface area (Å²) in [5.41, 5.74) is 7.01. The molecule has 0 fully saturated rings. The SMILES string of the molecule is COC=CCc1cc2ccccc2cc1CC#Cc1ccc(C#CCc2cc3ccccc3cc2CC=COC)cc1. The van der Waals surface area contributed by atoms with Gasteiger partial charge in [-0.25, -0.2) is 0 Å². The molecule has 5 aromatic rings. The molecule has 5 aromatic carbocycles. The average Bonchev–Trinajstić information content (AvgIpc) is 3.02. The Morgan fingerprint density at radius 3 is 1.21 bits per heavy atom. The predicted molar refractivity (Wildman–Crippen MR) is 175 cm³/mol. The summed E-state index contributed by atoms with van der Waals surface area (Å²) >= 11 is 0. The Morgan fingerprint density at radius 1 is 0.500 bits per heavy atom. The van der Waals surface area contributed by atoms with E-state index in [1.807, 2.05) is 12.2 Å². The number of ether oxygens (including phenoxy) is 2. The van der Waals surface area contributed by atoms with Crippen LogP contribution in [0.15, 0.2) is 122 Å². The maximum absolute atomic E-state index is 5.10. The molecule has 206 valence electrons. The molecule has 2 nitrogen and oxygen atoms in total. The summed E-state index contributed by atoms with van der Waals surface area (Å²) in [6, 6.07) is 34.2. The van der Waals surface area contributed by atoms with Crippen LogP contribution in [0.25, 0.3) is 21.5 Å². The molecule has 42 heavy (non-hydrogen) atoms. The van der Waals surface area contributed by atoms with Crippen LogP contribution in [0.1, 0.15) is 33.4 Å². The van der Waals surface area contributed by atoms with E-state index in [9.17, 15) is 0 Å². The van der Waals surface area contributed by atoms with Crippen molar-refractivity contribution >= 4 is 21.5 Å². The van der Waals surface area contributed by atoms with Crippen molar-refractivity contribution in [2.75, 3.05) is 14.2 Å². The Balaban J connectivity index is 1.28. The second-order valence-electron chi connectivity index (χ2n) is 10.1. The maximum Gasteiger partial charge on any atom is 0.0788 e. The summed E-state index contributed by atoms with van der Waals surface area (Å²) < 4.78 is 10.2. The Kier molecular flexibility index (Phi) is 9.76. The van der Waals surface area contributed by atoms with Gasteiger partial charge in [0.25, 0.3) is 0 Å². The zero-order valence-electron chi connectivity index (χ0n) is 24.2. The monoisotopic (exact) mass is 546 g/mol. The Morgan fingerprint density at radius 2 is 0.857 bits per heavy atom. The Labute approximate surface area is 249 Å². The molecule has 0 saturated heterocycles. The van der Waals surface area contributed by atoms with Crippen LogP contribution in [0.5, 0.6) is 0 Å². The van der Waals surface area contributed by atoms with Crippen molar-refractivity contribution in [2.24, 2.45) is 0 Å². The van der Waals surface area contributed by atoms with Gasteiger partial charge in [-0.2, -0.15) is 0 Å². The molecular formula is C40H34O2. The number of hydrogen-bond acceptors (Lipinski definition) is 2. The number of benzene rings is 5. The molecule has 0 heterocycles. The smallest absolute Gasteiger partial charge is 0.0788 e. The molecule has 0 atom stereocenters. The molecule has 0 aromatic heterocycles. The second-order valence-corrected chi connectivity index (χ2v) is 10.1. The summed E-state index contributed by atoms with van der Waals surface area (Å²) in [7, 11) is 3.34. The molecular weight excluding hydrogens is 512 g/mol. The van der Waals surface area contributed by atoms with E-state index in [0.717, 1.165) is 24.0 Å². The highest BCUT2D eigenvalue weighted by molar-refractivity contribution is 5.85. The third-order valence-corrected chi connectivity index (χ3v) is 7.18. The van der Waals surface area contributed by atoms with Gasteiger partial charge in [0, 0.05) is 24.0 Å². The first-order chi connectivity index (χ1) is 20.7. The third kappa shape index (κ3) is 7.51. The van der Waals surface area contributed by atoms with Crippen LogP contribution >= 0.6 is 0 Å². The molecule has 0 unspecified atom stereocenters. The molecule has 0 saturated carbocycles. The second kappa shape index (κ2) is 14.5. The largest absolute Gasteiger partial charge is 0.505 e. The maximum atomic E-state index is 5.10. The van der Waals surface area contributed by atoms with Crippen molar-refractivity contribution in [3.63, 3.8) is 0 Å². The van der Waals surface area contributed by atoms with E-state index in [4.69, 9.17) is 9.47 Å². The lowest BCUT2D eigenvalue weighted by Crippen LogP contribution is -1.93. The minimum atomic E-state index is 0.691. The quantitative estimate of drug-likeness (QED) is 0.143. The van der Waals surface area contributed by atoms with Gasteiger partial charge in [0.1, 0.15) is 0 Å². The van der Waals surface area contributed by atoms with Gasteiger partial charge in [-0.1, -0.05) is 84.3 Å². The zero-order chi connectivity index (χ0) is 29.0. The third-order valence-electron chi connectivity index (χ3n) is 7.18. The number of hydrogen-bond donors (Lipinski definition) is 0. The van der Waals surface area contributed by atoms with Crippen molar-refractivity contribution in [3.8, 4) is 23.7 Å². The first-order valence-corrected chi connectivity index (χ1v) is 14.2. The number of allylic oxidation sites excluding steroid dienone is 2. The lowest BCUT2D eigenvalue weighted by atomic mass is 9.96. The highest BCUT2D eigenvalue weighted by atomic mass is 16.5.